The molecule has 2 aromatic rings. The molecule has 1 aliphatic heterocycles. The lowest BCUT2D eigenvalue weighted by Gasteiger charge is -2.44. The smallest absolute Gasteiger partial charge is 0.311 e. The molecule has 1 heterocycles. The number of benzene rings is 2. The lowest BCUT2D eigenvalue weighted by Crippen LogP contribution is -2.66. The van der Waals surface area contributed by atoms with E-state index in [1.54, 1.807) is 7.11 Å². The van der Waals surface area contributed by atoms with Crippen LogP contribution in [0.4, 0.5) is 0 Å². The number of ether oxygens (including phenoxy) is 3. The molecule has 1 N–H and O–H groups in total. The van der Waals surface area contributed by atoms with Crippen molar-refractivity contribution in [3.8, 4) is 0 Å². The number of esters is 1. The van der Waals surface area contributed by atoms with Crippen molar-refractivity contribution in [3.05, 3.63) is 60.7 Å². The third kappa shape index (κ3) is 10.4. The fourth-order valence-corrected chi connectivity index (χ4v) is 12.7. The van der Waals surface area contributed by atoms with Gasteiger partial charge in [0, 0.05) is 26.6 Å². The number of hydrogen-bond donors (Lipinski definition) is 1. The first-order valence-electron chi connectivity index (χ1n) is 18.1. The van der Waals surface area contributed by atoms with E-state index in [-0.39, 0.29) is 34.5 Å². The standard InChI is InChI=1S/C40H66O7Si2/c1-29(28-45-49(40(8,9)10,31-20-16-14-17-21-31)32-22-18-15-19-23-32)26-30-27-34(43-11)46-36(30)35(41)33(47-48(12,13)39(5,6)7)24-25-44-37(42)38(2,3)4/h14-23,29-30,33-36,41H,24-28H2,1-13H3/t29-,30-,33-,34?,35-,36-/m1/s1. The summed E-state index contributed by atoms with van der Waals surface area (Å²) >= 11 is 0. The third-order valence-corrected chi connectivity index (χ3v) is 20.0. The Morgan fingerprint density at radius 1 is 0.898 bits per heavy atom. The van der Waals surface area contributed by atoms with Crippen LogP contribution in [-0.4, -0.2) is 72.6 Å². The average molecular weight is 715 g/mol. The first-order chi connectivity index (χ1) is 22.6. The number of rotatable bonds is 15. The minimum atomic E-state index is -2.69. The highest BCUT2D eigenvalue weighted by molar-refractivity contribution is 6.99. The quantitative estimate of drug-likeness (QED) is 0.150. The van der Waals surface area contributed by atoms with Crippen molar-refractivity contribution in [1.82, 2.24) is 0 Å². The van der Waals surface area contributed by atoms with E-state index in [1.165, 1.54) is 10.4 Å². The Bertz CT molecular complexity index is 1260. The Hall–Kier alpha value is -1.86. The van der Waals surface area contributed by atoms with Gasteiger partial charge in [-0.3, -0.25) is 4.79 Å². The summed E-state index contributed by atoms with van der Waals surface area (Å²) in [7, 11) is -3.33. The SMILES string of the molecule is COC1C[C@@H](C[C@@H](C)CO[Si](c2ccccc2)(c2ccccc2)C(C)(C)C)[C@H]([C@H](O)[C@@H](CCOC(=O)C(C)(C)C)O[Si](C)(C)C(C)(C)C)O1. The van der Waals surface area contributed by atoms with Crippen LogP contribution in [0.2, 0.25) is 23.2 Å². The molecule has 1 unspecified atom stereocenters. The van der Waals surface area contributed by atoms with Crippen LogP contribution in [0.1, 0.15) is 88.5 Å². The van der Waals surface area contributed by atoms with Crippen LogP contribution in [0, 0.1) is 17.3 Å². The normalized spacial score (nSPS) is 21.3. The molecule has 0 radical (unpaired) electrons. The second-order valence-electron chi connectivity index (χ2n) is 17.7. The van der Waals surface area contributed by atoms with Crippen LogP contribution in [0.15, 0.2) is 60.7 Å². The van der Waals surface area contributed by atoms with Crippen molar-refractivity contribution in [1.29, 1.82) is 0 Å². The van der Waals surface area contributed by atoms with Gasteiger partial charge in [0.25, 0.3) is 8.32 Å². The van der Waals surface area contributed by atoms with E-state index < -0.39 is 46.7 Å². The van der Waals surface area contributed by atoms with Gasteiger partial charge in [0.05, 0.1) is 24.2 Å². The number of carbonyl (C=O) groups excluding carboxylic acids is 1. The van der Waals surface area contributed by atoms with Gasteiger partial charge in [0.2, 0.25) is 0 Å². The highest BCUT2D eigenvalue weighted by Gasteiger charge is 2.51. The van der Waals surface area contributed by atoms with Crippen LogP contribution in [0.25, 0.3) is 0 Å². The molecular formula is C40H66O7Si2. The van der Waals surface area contributed by atoms with E-state index in [1.807, 2.05) is 20.8 Å². The van der Waals surface area contributed by atoms with Crippen molar-refractivity contribution >= 4 is 33.0 Å². The predicted octanol–water partition coefficient (Wildman–Crippen LogP) is 7.70. The minimum absolute atomic E-state index is 0.0281. The number of methoxy groups -OCH3 is 1. The molecule has 0 aromatic heterocycles. The molecule has 0 spiro atoms. The molecule has 1 aliphatic rings. The molecule has 276 valence electrons. The number of aliphatic hydroxyl groups excluding tert-OH is 1. The second kappa shape index (κ2) is 16.7. The monoisotopic (exact) mass is 714 g/mol. The highest BCUT2D eigenvalue weighted by Crippen LogP contribution is 2.41. The molecular weight excluding hydrogens is 649 g/mol. The summed E-state index contributed by atoms with van der Waals surface area (Å²) in [6.07, 6.45) is -0.529. The van der Waals surface area contributed by atoms with Crippen LogP contribution >= 0.6 is 0 Å². The highest BCUT2D eigenvalue weighted by atomic mass is 28.4. The van der Waals surface area contributed by atoms with Crippen LogP contribution in [-0.2, 0) is 27.9 Å². The summed E-state index contributed by atoms with van der Waals surface area (Å²) < 4.78 is 31.9. The summed E-state index contributed by atoms with van der Waals surface area (Å²) in [6, 6.07) is 21.4. The Balaban J connectivity index is 1.86. The molecule has 0 amide bonds. The topological polar surface area (TPSA) is 83.5 Å². The zero-order valence-corrected chi connectivity index (χ0v) is 34.7. The van der Waals surface area contributed by atoms with Crippen molar-refractivity contribution in [3.63, 3.8) is 0 Å². The zero-order valence-electron chi connectivity index (χ0n) is 32.7. The van der Waals surface area contributed by atoms with E-state index in [2.05, 4.69) is 122 Å². The van der Waals surface area contributed by atoms with Gasteiger partial charge in [-0.05, 0) is 72.6 Å². The van der Waals surface area contributed by atoms with E-state index in [4.69, 9.17) is 23.1 Å². The van der Waals surface area contributed by atoms with E-state index in [0.29, 0.717) is 19.4 Å². The number of carbonyl (C=O) groups is 1. The van der Waals surface area contributed by atoms with Gasteiger partial charge >= 0.3 is 5.97 Å². The summed E-state index contributed by atoms with van der Waals surface area (Å²) in [6.45, 7) is 26.3. The Morgan fingerprint density at radius 2 is 1.43 bits per heavy atom. The minimum Gasteiger partial charge on any atom is -0.465 e. The molecule has 49 heavy (non-hydrogen) atoms. The van der Waals surface area contributed by atoms with Crippen molar-refractivity contribution in [2.45, 2.75) is 136 Å². The summed E-state index contributed by atoms with van der Waals surface area (Å²) in [5.41, 5.74) is -0.605. The first-order valence-corrected chi connectivity index (χ1v) is 22.9. The van der Waals surface area contributed by atoms with Crippen molar-refractivity contribution in [2.75, 3.05) is 20.3 Å². The fraction of sp³-hybridized carbons (Fsp3) is 0.675. The summed E-state index contributed by atoms with van der Waals surface area (Å²) in [5.74, 6) is -0.0504. The molecule has 0 aliphatic carbocycles. The number of aliphatic hydroxyl groups is 1. The maximum Gasteiger partial charge on any atom is 0.311 e. The maximum absolute atomic E-state index is 12.6. The van der Waals surface area contributed by atoms with Crippen LogP contribution in [0.5, 0.6) is 0 Å². The molecule has 6 atom stereocenters. The first kappa shape index (κ1) is 41.6. The predicted molar refractivity (Wildman–Crippen MR) is 204 cm³/mol. The third-order valence-electron chi connectivity index (χ3n) is 10.5. The Morgan fingerprint density at radius 3 is 1.88 bits per heavy atom. The maximum atomic E-state index is 12.6. The van der Waals surface area contributed by atoms with Gasteiger partial charge in [0.15, 0.2) is 14.6 Å². The van der Waals surface area contributed by atoms with Crippen LogP contribution in [0.3, 0.4) is 0 Å². The van der Waals surface area contributed by atoms with Crippen LogP contribution < -0.4 is 10.4 Å². The number of hydrogen-bond acceptors (Lipinski definition) is 7. The summed E-state index contributed by atoms with van der Waals surface area (Å²) in [4.78, 5) is 12.6. The molecule has 3 rings (SSSR count). The summed E-state index contributed by atoms with van der Waals surface area (Å²) in [5, 5.41) is 14.4. The van der Waals surface area contributed by atoms with E-state index in [9.17, 15) is 9.90 Å². The van der Waals surface area contributed by atoms with Gasteiger partial charge in [0.1, 0.15) is 6.10 Å². The molecule has 0 saturated carbocycles. The van der Waals surface area contributed by atoms with Gasteiger partial charge in [-0.15, -0.1) is 0 Å². The van der Waals surface area contributed by atoms with E-state index >= 15 is 0 Å². The van der Waals surface area contributed by atoms with Crippen molar-refractivity contribution < 1.29 is 33.0 Å². The van der Waals surface area contributed by atoms with Gasteiger partial charge < -0.3 is 28.2 Å². The molecule has 0 bridgehead atoms. The molecule has 9 heteroatoms. The van der Waals surface area contributed by atoms with Crippen molar-refractivity contribution in [2.24, 2.45) is 17.3 Å². The Kier molecular flexibility index (Phi) is 14.1. The molecule has 2 aromatic carbocycles. The van der Waals surface area contributed by atoms with E-state index in [0.717, 1.165) is 6.42 Å². The molecule has 1 saturated heterocycles. The van der Waals surface area contributed by atoms with Gasteiger partial charge in [-0.1, -0.05) is 109 Å². The Labute approximate surface area is 299 Å². The van der Waals surface area contributed by atoms with Gasteiger partial charge in [-0.2, -0.15) is 0 Å². The largest absolute Gasteiger partial charge is 0.465 e. The lowest BCUT2D eigenvalue weighted by molar-refractivity contribution is -0.162. The molecule has 1 fully saturated rings. The fourth-order valence-electron chi connectivity index (χ4n) is 6.63. The average Bonchev–Trinajstić information content (AvgIpc) is 3.42. The zero-order chi connectivity index (χ0) is 36.8. The lowest BCUT2D eigenvalue weighted by atomic mass is 9.86. The second-order valence-corrected chi connectivity index (χ2v) is 26.7. The van der Waals surface area contributed by atoms with Gasteiger partial charge in [-0.25, -0.2) is 0 Å². The molecule has 7 nitrogen and oxygen atoms in total.